The van der Waals surface area contributed by atoms with Crippen LogP contribution in [0.3, 0.4) is 0 Å². The Kier molecular flexibility index (Phi) is 5.28. The van der Waals surface area contributed by atoms with Crippen molar-refractivity contribution in [2.75, 3.05) is 13.7 Å². The molecule has 5 nitrogen and oxygen atoms in total. The molecule has 1 unspecified atom stereocenters. The number of methoxy groups -OCH3 is 1. The minimum atomic E-state index is -0.719. The van der Waals surface area contributed by atoms with Gasteiger partial charge in [0, 0.05) is 11.3 Å². The zero-order valence-electron chi connectivity index (χ0n) is 15.2. The summed E-state index contributed by atoms with van der Waals surface area (Å²) in [7, 11) is 1.58. The van der Waals surface area contributed by atoms with Crippen molar-refractivity contribution in [3.8, 4) is 11.8 Å². The Balaban J connectivity index is 2.25. The summed E-state index contributed by atoms with van der Waals surface area (Å²) in [4.78, 5) is 12.8. The minimum Gasteiger partial charge on any atom is -0.497 e. The van der Waals surface area contributed by atoms with Crippen LogP contribution < -0.4 is 10.5 Å². The molecule has 0 spiro atoms. The number of benzene rings is 2. The highest BCUT2D eigenvalue weighted by Gasteiger charge is 2.38. The number of hydrogen-bond acceptors (Lipinski definition) is 5. The second kappa shape index (κ2) is 7.79. The highest BCUT2D eigenvalue weighted by molar-refractivity contribution is 6.17. The fourth-order valence-electron chi connectivity index (χ4n) is 3.27. The number of allylic oxidation sites excluding steroid dienone is 1. The topological polar surface area (TPSA) is 85.3 Å². The Bertz CT molecular complexity index is 951. The van der Waals surface area contributed by atoms with Gasteiger partial charge in [0.1, 0.15) is 11.7 Å². The lowest BCUT2D eigenvalue weighted by molar-refractivity contribution is -0.137. The Morgan fingerprint density at radius 1 is 1.11 bits per heavy atom. The maximum atomic E-state index is 12.8. The number of esters is 1. The van der Waals surface area contributed by atoms with Crippen LogP contribution >= 0.6 is 0 Å². The van der Waals surface area contributed by atoms with Gasteiger partial charge in [0.25, 0.3) is 0 Å². The SMILES string of the molecule is CCOC(=O)C1=C(c2ccccc2)C(C#N)C(N)=C1c1ccc(OC)cc1. The van der Waals surface area contributed by atoms with Gasteiger partial charge >= 0.3 is 5.97 Å². The van der Waals surface area contributed by atoms with E-state index in [2.05, 4.69) is 6.07 Å². The molecule has 0 heterocycles. The van der Waals surface area contributed by atoms with E-state index < -0.39 is 11.9 Å². The van der Waals surface area contributed by atoms with Gasteiger partial charge in [0.2, 0.25) is 0 Å². The van der Waals surface area contributed by atoms with Crippen molar-refractivity contribution in [3.63, 3.8) is 0 Å². The molecule has 1 atom stereocenters. The monoisotopic (exact) mass is 360 g/mol. The third-order valence-electron chi connectivity index (χ3n) is 4.48. The first-order valence-corrected chi connectivity index (χ1v) is 8.63. The highest BCUT2D eigenvalue weighted by atomic mass is 16.5. The highest BCUT2D eigenvalue weighted by Crippen LogP contribution is 2.45. The average Bonchev–Trinajstić information content (AvgIpc) is 3.01. The molecule has 0 amide bonds. The molecule has 0 saturated heterocycles. The summed E-state index contributed by atoms with van der Waals surface area (Å²) >= 11 is 0. The lowest BCUT2D eigenvalue weighted by Crippen LogP contribution is -2.10. The number of ether oxygens (including phenoxy) is 2. The normalized spacial score (nSPS) is 16.3. The van der Waals surface area contributed by atoms with Gasteiger partial charge in [0.05, 0.1) is 25.4 Å². The predicted molar refractivity (Wildman–Crippen MR) is 103 cm³/mol. The van der Waals surface area contributed by atoms with E-state index >= 15 is 0 Å². The fourth-order valence-corrected chi connectivity index (χ4v) is 3.27. The van der Waals surface area contributed by atoms with Gasteiger partial charge in [-0.15, -0.1) is 0 Å². The molecule has 136 valence electrons. The van der Waals surface area contributed by atoms with Crippen LogP contribution in [0, 0.1) is 17.2 Å². The number of rotatable bonds is 5. The van der Waals surface area contributed by atoms with Crippen molar-refractivity contribution < 1.29 is 14.3 Å². The molecular formula is C22H20N2O3. The number of carbonyl (C=O) groups excluding carboxylic acids is 1. The first-order valence-electron chi connectivity index (χ1n) is 8.63. The van der Waals surface area contributed by atoms with E-state index in [1.54, 1.807) is 26.2 Å². The maximum Gasteiger partial charge on any atom is 0.339 e. The quantitative estimate of drug-likeness (QED) is 0.825. The largest absolute Gasteiger partial charge is 0.497 e. The van der Waals surface area contributed by atoms with E-state index in [1.165, 1.54) is 0 Å². The van der Waals surface area contributed by atoms with Crippen molar-refractivity contribution in [1.82, 2.24) is 0 Å². The second-order valence-corrected chi connectivity index (χ2v) is 6.00. The van der Waals surface area contributed by atoms with Crippen molar-refractivity contribution in [1.29, 1.82) is 5.26 Å². The average molecular weight is 360 g/mol. The van der Waals surface area contributed by atoms with E-state index in [1.807, 2.05) is 42.5 Å². The molecule has 0 fully saturated rings. The summed E-state index contributed by atoms with van der Waals surface area (Å²) in [5.41, 5.74) is 9.70. The minimum absolute atomic E-state index is 0.234. The van der Waals surface area contributed by atoms with E-state index in [4.69, 9.17) is 15.2 Å². The van der Waals surface area contributed by atoms with Crippen LogP contribution in [0.2, 0.25) is 0 Å². The molecule has 3 rings (SSSR count). The molecule has 0 aliphatic heterocycles. The fraction of sp³-hybridized carbons (Fsp3) is 0.182. The number of nitrogens with zero attached hydrogens (tertiary/aromatic N) is 1. The van der Waals surface area contributed by atoms with Gasteiger partial charge in [-0.3, -0.25) is 0 Å². The van der Waals surface area contributed by atoms with E-state index in [0.29, 0.717) is 28.2 Å². The Morgan fingerprint density at radius 2 is 1.78 bits per heavy atom. The Hall–Kier alpha value is -3.52. The van der Waals surface area contributed by atoms with E-state index in [0.717, 1.165) is 11.1 Å². The molecule has 2 aromatic carbocycles. The van der Waals surface area contributed by atoms with Crippen molar-refractivity contribution in [2.45, 2.75) is 6.92 Å². The van der Waals surface area contributed by atoms with Crippen LogP contribution in [0.1, 0.15) is 18.1 Å². The van der Waals surface area contributed by atoms with Crippen LogP contribution in [-0.4, -0.2) is 19.7 Å². The second-order valence-electron chi connectivity index (χ2n) is 6.00. The molecule has 2 aromatic rings. The molecule has 0 bridgehead atoms. The lowest BCUT2D eigenvalue weighted by Gasteiger charge is -2.12. The maximum absolute atomic E-state index is 12.8. The van der Waals surface area contributed by atoms with Crippen molar-refractivity contribution >= 4 is 17.1 Å². The lowest BCUT2D eigenvalue weighted by atomic mass is 9.92. The zero-order valence-corrected chi connectivity index (χ0v) is 15.2. The standard InChI is InChI=1S/C22H20N2O3/c1-3-27-22(25)20-18(14-7-5-4-6-8-14)17(13-23)21(24)19(20)15-9-11-16(26-2)12-10-15/h4-12,17H,3,24H2,1-2H3. The van der Waals surface area contributed by atoms with Crippen LogP contribution in [0.4, 0.5) is 0 Å². The summed E-state index contributed by atoms with van der Waals surface area (Å²) in [5, 5.41) is 9.77. The van der Waals surface area contributed by atoms with Gasteiger partial charge in [-0.05, 0) is 35.8 Å². The molecule has 27 heavy (non-hydrogen) atoms. The van der Waals surface area contributed by atoms with Crippen LogP contribution in [-0.2, 0) is 9.53 Å². The van der Waals surface area contributed by atoms with Gasteiger partial charge in [-0.1, -0.05) is 42.5 Å². The van der Waals surface area contributed by atoms with Crippen LogP contribution in [0.5, 0.6) is 5.75 Å². The zero-order chi connectivity index (χ0) is 19.4. The summed E-state index contributed by atoms with van der Waals surface area (Å²) in [5.74, 6) is -0.510. The molecule has 1 aliphatic carbocycles. The molecule has 5 heteroatoms. The van der Waals surface area contributed by atoms with Gasteiger partial charge in [0.15, 0.2) is 0 Å². The molecule has 0 saturated carbocycles. The molecule has 0 radical (unpaired) electrons. The Morgan fingerprint density at radius 3 is 2.33 bits per heavy atom. The Labute approximate surface area is 158 Å². The van der Waals surface area contributed by atoms with Crippen molar-refractivity contribution in [3.05, 3.63) is 77.0 Å². The summed E-state index contributed by atoms with van der Waals surface area (Å²) < 4.78 is 10.5. The van der Waals surface area contributed by atoms with E-state index in [9.17, 15) is 10.1 Å². The number of nitriles is 1. The summed E-state index contributed by atoms with van der Waals surface area (Å²) in [6.07, 6.45) is 0. The molecule has 2 N–H and O–H groups in total. The molecule has 1 aliphatic rings. The first-order chi connectivity index (χ1) is 13.1. The first kappa shape index (κ1) is 18.3. The van der Waals surface area contributed by atoms with Crippen molar-refractivity contribution in [2.24, 2.45) is 11.7 Å². The van der Waals surface area contributed by atoms with Gasteiger partial charge < -0.3 is 15.2 Å². The van der Waals surface area contributed by atoms with Gasteiger partial charge in [-0.2, -0.15) is 5.26 Å². The van der Waals surface area contributed by atoms with E-state index in [-0.39, 0.29) is 6.61 Å². The summed E-state index contributed by atoms with van der Waals surface area (Å²) in [6.45, 7) is 1.98. The number of carbonyl (C=O) groups is 1. The molecular weight excluding hydrogens is 340 g/mol. The summed E-state index contributed by atoms with van der Waals surface area (Å²) in [6, 6.07) is 18.8. The smallest absolute Gasteiger partial charge is 0.339 e. The molecule has 0 aromatic heterocycles. The van der Waals surface area contributed by atoms with Crippen LogP contribution in [0.25, 0.3) is 11.1 Å². The predicted octanol–water partition coefficient (Wildman–Crippen LogP) is 3.54. The third-order valence-corrected chi connectivity index (χ3v) is 4.48. The number of hydrogen-bond donors (Lipinski definition) is 1. The van der Waals surface area contributed by atoms with Crippen LogP contribution in [0.15, 0.2) is 65.9 Å². The third kappa shape index (κ3) is 3.30. The van der Waals surface area contributed by atoms with Gasteiger partial charge in [-0.25, -0.2) is 4.79 Å². The number of nitrogens with two attached hydrogens (primary N) is 1.